The first kappa shape index (κ1) is 15.6. The number of nitrogens with one attached hydrogen (secondary N) is 2. The van der Waals surface area contributed by atoms with E-state index in [1.54, 1.807) is 0 Å². The van der Waals surface area contributed by atoms with Crippen LogP contribution in [-0.2, 0) is 6.54 Å². The molecule has 7 nitrogen and oxygen atoms in total. The standard InChI is InChI=1S/C14H25N5O2/c1-3-7-18-8-5-10(6-9-18)16-11-12(15)19(4-2)14(21)17-13(11)20/h10,16H,3-9,15H2,1-2H3,(H,17,20,21). The Morgan fingerprint density at radius 2 is 1.95 bits per heavy atom. The first-order valence-electron chi connectivity index (χ1n) is 7.68. The Labute approximate surface area is 124 Å². The van der Waals surface area contributed by atoms with Crippen LogP contribution in [0.1, 0.15) is 33.1 Å². The van der Waals surface area contributed by atoms with Gasteiger partial charge in [-0.2, -0.15) is 0 Å². The molecule has 4 N–H and O–H groups in total. The minimum absolute atomic E-state index is 0.224. The van der Waals surface area contributed by atoms with E-state index >= 15 is 0 Å². The molecule has 1 saturated heterocycles. The number of hydrogen-bond acceptors (Lipinski definition) is 5. The van der Waals surface area contributed by atoms with E-state index in [1.165, 1.54) is 4.57 Å². The second kappa shape index (κ2) is 6.80. The number of hydrogen-bond donors (Lipinski definition) is 3. The summed E-state index contributed by atoms with van der Waals surface area (Å²) in [4.78, 5) is 28.3. The maximum atomic E-state index is 11.9. The molecule has 0 bridgehead atoms. The summed E-state index contributed by atoms with van der Waals surface area (Å²) in [5.74, 6) is 0.224. The first-order valence-corrected chi connectivity index (χ1v) is 7.68. The number of aromatic amines is 1. The van der Waals surface area contributed by atoms with E-state index < -0.39 is 11.2 Å². The highest BCUT2D eigenvalue weighted by molar-refractivity contribution is 5.60. The largest absolute Gasteiger partial charge is 0.383 e. The Morgan fingerprint density at radius 1 is 1.29 bits per heavy atom. The highest BCUT2D eigenvalue weighted by Gasteiger charge is 2.21. The molecule has 1 fully saturated rings. The van der Waals surface area contributed by atoms with Gasteiger partial charge < -0.3 is 16.0 Å². The van der Waals surface area contributed by atoms with Crippen molar-refractivity contribution in [1.29, 1.82) is 0 Å². The second-order valence-corrected chi connectivity index (χ2v) is 5.52. The third-order valence-corrected chi connectivity index (χ3v) is 4.03. The van der Waals surface area contributed by atoms with Crippen LogP contribution < -0.4 is 22.3 Å². The van der Waals surface area contributed by atoms with Crippen molar-refractivity contribution in [3.8, 4) is 0 Å². The summed E-state index contributed by atoms with van der Waals surface area (Å²) in [7, 11) is 0. The van der Waals surface area contributed by atoms with Crippen LogP contribution in [-0.4, -0.2) is 40.1 Å². The maximum absolute atomic E-state index is 11.9. The van der Waals surface area contributed by atoms with Crippen LogP contribution in [0.3, 0.4) is 0 Å². The summed E-state index contributed by atoms with van der Waals surface area (Å²) in [6, 6.07) is 0.226. The Balaban J connectivity index is 2.11. The number of piperidine rings is 1. The molecule has 1 aromatic heterocycles. The Kier molecular flexibility index (Phi) is 5.06. The number of rotatable bonds is 5. The summed E-state index contributed by atoms with van der Waals surface area (Å²) in [5, 5.41) is 3.23. The predicted molar refractivity (Wildman–Crippen MR) is 84.8 cm³/mol. The van der Waals surface area contributed by atoms with Gasteiger partial charge in [0.05, 0.1) is 0 Å². The van der Waals surface area contributed by atoms with Gasteiger partial charge in [0, 0.05) is 25.7 Å². The molecule has 0 saturated carbocycles. The van der Waals surface area contributed by atoms with Crippen LogP contribution in [0.2, 0.25) is 0 Å². The molecule has 0 aromatic carbocycles. The van der Waals surface area contributed by atoms with Crippen molar-refractivity contribution in [3.05, 3.63) is 20.8 Å². The van der Waals surface area contributed by atoms with E-state index in [1.807, 2.05) is 6.92 Å². The summed E-state index contributed by atoms with van der Waals surface area (Å²) < 4.78 is 1.37. The third kappa shape index (κ3) is 3.47. The molecule has 0 spiro atoms. The maximum Gasteiger partial charge on any atom is 0.330 e. The first-order chi connectivity index (χ1) is 10.1. The van der Waals surface area contributed by atoms with E-state index in [0.29, 0.717) is 12.2 Å². The fourth-order valence-electron chi connectivity index (χ4n) is 2.86. The number of nitrogens with two attached hydrogens (primary N) is 1. The summed E-state index contributed by atoms with van der Waals surface area (Å²) in [5.41, 5.74) is 5.39. The van der Waals surface area contributed by atoms with Crippen molar-refractivity contribution in [2.24, 2.45) is 0 Å². The van der Waals surface area contributed by atoms with Crippen LogP contribution in [0.4, 0.5) is 11.5 Å². The molecule has 1 aromatic rings. The lowest BCUT2D eigenvalue weighted by Crippen LogP contribution is -2.41. The quantitative estimate of drug-likeness (QED) is 0.732. The van der Waals surface area contributed by atoms with Gasteiger partial charge in [-0.15, -0.1) is 0 Å². The molecule has 21 heavy (non-hydrogen) atoms. The minimum atomic E-state index is -0.455. The lowest BCUT2D eigenvalue weighted by Gasteiger charge is -2.32. The van der Waals surface area contributed by atoms with Gasteiger partial charge in [0.2, 0.25) is 0 Å². The molecule has 0 radical (unpaired) electrons. The zero-order chi connectivity index (χ0) is 15.4. The van der Waals surface area contributed by atoms with Crippen molar-refractivity contribution in [1.82, 2.24) is 14.5 Å². The van der Waals surface area contributed by atoms with Crippen molar-refractivity contribution in [2.45, 2.75) is 45.7 Å². The zero-order valence-corrected chi connectivity index (χ0v) is 12.8. The normalized spacial score (nSPS) is 17.0. The molecule has 1 aliphatic rings. The summed E-state index contributed by atoms with van der Waals surface area (Å²) >= 11 is 0. The highest BCUT2D eigenvalue weighted by atomic mass is 16.2. The van der Waals surface area contributed by atoms with Crippen molar-refractivity contribution >= 4 is 11.5 Å². The molecule has 7 heteroatoms. The number of H-pyrrole nitrogens is 1. The smallest absolute Gasteiger partial charge is 0.330 e. The van der Waals surface area contributed by atoms with Gasteiger partial charge in [-0.05, 0) is 32.7 Å². The van der Waals surface area contributed by atoms with Gasteiger partial charge in [0.1, 0.15) is 11.5 Å². The fourth-order valence-corrected chi connectivity index (χ4v) is 2.86. The fraction of sp³-hybridized carbons (Fsp3) is 0.714. The number of nitrogen functional groups attached to an aromatic ring is 1. The topological polar surface area (TPSA) is 96.2 Å². The Morgan fingerprint density at radius 3 is 2.52 bits per heavy atom. The molecule has 1 aliphatic heterocycles. The summed E-state index contributed by atoms with van der Waals surface area (Å²) in [6.07, 6.45) is 3.11. The molecule has 0 unspecified atom stereocenters. The van der Waals surface area contributed by atoms with Crippen LogP contribution in [0.15, 0.2) is 9.59 Å². The van der Waals surface area contributed by atoms with Crippen LogP contribution >= 0.6 is 0 Å². The van der Waals surface area contributed by atoms with E-state index in [2.05, 4.69) is 22.1 Å². The van der Waals surface area contributed by atoms with Gasteiger partial charge in [-0.1, -0.05) is 6.92 Å². The average molecular weight is 295 g/mol. The molecule has 0 amide bonds. The molecular weight excluding hydrogens is 270 g/mol. The van der Waals surface area contributed by atoms with E-state index in [4.69, 9.17) is 5.73 Å². The molecule has 2 heterocycles. The van der Waals surface area contributed by atoms with E-state index in [-0.39, 0.29) is 11.9 Å². The minimum Gasteiger partial charge on any atom is -0.383 e. The molecule has 118 valence electrons. The van der Waals surface area contributed by atoms with E-state index in [0.717, 1.165) is 38.9 Å². The van der Waals surface area contributed by atoms with Gasteiger partial charge in [0.25, 0.3) is 5.56 Å². The lowest BCUT2D eigenvalue weighted by atomic mass is 10.0. The molecule has 2 rings (SSSR count). The van der Waals surface area contributed by atoms with Crippen LogP contribution in [0.5, 0.6) is 0 Å². The van der Waals surface area contributed by atoms with Gasteiger partial charge in [-0.25, -0.2) is 4.79 Å². The SMILES string of the molecule is CCCN1CCC(Nc2c(N)n(CC)c(=O)[nH]c2=O)CC1. The van der Waals surface area contributed by atoms with Gasteiger partial charge >= 0.3 is 5.69 Å². The molecular formula is C14H25N5O2. The van der Waals surface area contributed by atoms with Crippen LogP contribution in [0.25, 0.3) is 0 Å². The third-order valence-electron chi connectivity index (χ3n) is 4.03. The van der Waals surface area contributed by atoms with Crippen LogP contribution in [0, 0.1) is 0 Å². The highest BCUT2D eigenvalue weighted by Crippen LogP contribution is 2.17. The predicted octanol–water partition coefficient (Wildman–Crippen LogP) is 0.425. The Hall–Kier alpha value is -1.76. The van der Waals surface area contributed by atoms with Crippen molar-refractivity contribution in [3.63, 3.8) is 0 Å². The Bertz CT molecular complexity index is 584. The molecule has 0 atom stereocenters. The van der Waals surface area contributed by atoms with E-state index in [9.17, 15) is 9.59 Å². The number of anilines is 2. The van der Waals surface area contributed by atoms with Gasteiger partial charge in [0.15, 0.2) is 0 Å². The monoisotopic (exact) mass is 295 g/mol. The number of likely N-dealkylation sites (tertiary alicyclic amines) is 1. The van der Waals surface area contributed by atoms with Gasteiger partial charge in [-0.3, -0.25) is 14.3 Å². The number of nitrogens with zero attached hydrogens (tertiary/aromatic N) is 2. The second-order valence-electron chi connectivity index (χ2n) is 5.52. The number of aromatic nitrogens is 2. The average Bonchev–Trinajstić information content (AvgIpc) is 2.46. The molecule has 0 aliphatic carbocycles. The van der Waals surface area contributed by atoms with Crippen molar-refractivity contribution in [2.75, 3.05) is 30.7 Å². The lowest BCUT2D eigenvalue weighted by molar-refractivity contribution is 0.219. The zero-order valence-electron chi connectivity index (χ0n) is 12.8. The summed E-state index contributed by atoms with van der Waals surface area (Å²) in [6.45, 7) is 7.61. The van der Waals surface area contributed by atoms with Crippen molar-refractivity contribution < 1.29 is 0 Å².